The molecule has 0 saturated heterocycles. The predicted molar refractivity (Wildman–Crippen MR) is 95.3 cm³/mol. The van der Waals surface area contributed by atoms with Crippen molar-refractivity contribution >= 4 is 41.7 Å². The van der Waals surface area contributed by atoms with Crippen LogP contribution in [-0.2, 0) is 4.79 Å². The third-order valence-corrected chi connectivity index (χ3v) is 3.57. The van der Waals surface area contributed by atoms with Crippen molar-refractivity contribution in [1.82, 2.24) is 10.6 Å². The quantitative estimate of drug-likeness (QED) is 0.500. The maximum atomic E-state index is 12.0. The molecular formula is C15H24ClN3O2S. The summed E-state index contributed by atoms with van der Waals surface area (Å²) in [5.74, 6) is -0.220. The van der Waals surface area contributed by atoms with Crippen molar-refractivity contribution in [2.24, 2.45) is 0 Å². The summed E-state index contributed by atoms with van der Waals surface area (Å²) in [7, 11) is 0. The van der Waals surface area contributed by atoms with E-state index in [-0.39, 0.29) is 24.2 Å². The van der Waals surface area contributed by atoms with Crippen molar-refractivity contribution in [1.29, 1.82) is 0 Å². The fourth-order valence-electron chi connectivity index (χ4n) is 1.79. The number of hydrogen-bond acceptors (Lipinski definition) is 4. The first-order chi connectivity index (χ1) is 10.1. The first kappa shape index (κ1) is 20.8. The van der Waals surface area contributed by atoms with Crippen molar-refractivity contribution in [2.45, 2.75) is 25.2 Å². The van der Waals surface area contributed by atoms with Gasteiger partial charge in [0.25, 0.3) is 5.91 Å². The SMILES string of the molecule is CCCNCCNC(=O)c1ccc(NC(C)=O)c(SC)c1.Cl. The van der Waals surface area contributed by atoms with Crippen LogP contribution >= 0.6 is 24.2 Å². The zero-order chi connectivity index (χ0) is 15.7. The third-order valence-electron chi connectivity index (χ3n) is 2.79. The zero-order valence-corrected chi connectivity index (χ0v) is 14.8. The van der Waals surface area contributed by atoms with Gasteiger partial charge in [-0.2, -0.15) is 0 Å². The van der Waals surface area contributed by atoms with Gasteiger partial charge < -0.3 is 16.0 Å². The van der Waals surface area contributed by atoms with Gasteiger partial charge in [0.15, 0.2) is 0 Å². The van der Waals surface area contributed by atoms with E-state index in [4.69, 9.17) is 0 Å². The Morgan fingerprint density at radius 3 is 2.50 bits per heavy atom. The summed E-state index contributed by atoms with van der Waals surface area (Å²) in [5, 5.41) is 8.86. The monoisotopic (exact) mass is 345 g/mol. The van der Waals surface area contributed by atoms with Crippen LogP contribution in [0.3, 0.4) is 0 Å². The molecule has 0 saturated carbocycles. The second kappa shape index (κ2) is 11.3. The fraction of sp³-hybridized carbons (Fsp3) is 0.467. The number of halogens is 1. The third kappa shape index (κ3) is 7.15. The Kier molecular flexibility index (Phi) is 10.7. The summed E-state index contributed by atoms with van der Waals surface area (Å²) < 4.78 is 0. The second-order valence-electron chi connectivity index (χ2n) is 4.60. The fourth-order valence-corrected chi connectivity index (χ4v) is 2.38. The Labute approximate surface area is 142 Å². The summed E-state index contributed by atoms with van der Waals surface area (Å²) >= 11 is 1.50. The standard InChI is InChI=1S/C15H23N3O2S.ClH/c1-4-7-16-8-9-17-15(20)12-5-6-13(18-11(2)19)14(10-12)21-3;/h5-6,10,16H,4,7-9H2,1-3H3,(H,17,20)(H,18,19);1H. The molecule has 0 aliphatic heterocycles. The average molecular weight is 346 g/mol. The summed E-state index contributed by atoms with van der Waals surface area (Å²) in [4.78, 5) is 24.0. The van der Waals surface area contributed by atoms with Crippen LogP contribution in [0.5, 0.6) is 0 Å². The van der Waals surface area contributed by atoms with E-state index >= 15 is 0 Å². The number of amides is 2. The molecule has 0 atom stereocenters. The summed E-state index contributed by atoms with van der Waals surface area (Å²) in [6.45, 7) is 5.89. The molecular weight excluding hydrogens is 322 g/mol. The minimum Gasteiger partial charge on any atom is -0.351 e. The van der Waals surface area contributed by atoms with E-state index in [0.29, 0.717) is 12.1 Å². The van der Waals surface area contributed by atoms with Gasteiger partial charge in [-0.15, -0.1) is 24.2 Å². The first-order valence-electron chi connectivity index (χ1n) is 7.03. The van der Waals surface area contributed by atoms with Gasteiger partial charge in [-0.25, -0.2) is 0 Å². The molecule has 1 aromatic rings. The molecule has 0 fully saturated rings. The molecule has 0 heterocycles. The minimum atomic E-state index is -0.121. The highest BCUT2D eigenvalue weighted by Crippen LogP contribution is 2.26. The van der Waals surface area contributed by atoms with Crippen LogP contribution in [0.15, 0.2) is 23.1 Å². The topological polar surface area (TPSA) is 70.2 Å². The number of carbonyl (C=O) groups excluding carboxylic acids is 2. The van der Waals surface area contributed by atoms with Crippen molar-refractivity contribution in [3.63, 3.8) is 0 Å². The maximum absolute atomic E-state index is 12.0. The van der Waals surface area contributed by atoms with E-state index < -0.39 is 0 Å². The van der Waals surface area contributed by atoms with E-state index in [9.17, 15) is 9.59 Å². The van der Waals surface area contributed by atoms with E-state index in [1.165, 1.54) is 18.7 Å². The number of hydrogen-bond donors (Lipinski definition) is 3. The van der Waals surface area contributed by atoms with Gasteiger partial charge in [-0.05, 0) is 37.4 Å². The molecule has 3 N–H and O–H groups in total. The Bertz CT molecular complexity index is 498. The van der Waals surface area contributed by atoms with Gasteiger partial charge in [-0.3, -0.25) is 9.59 Å². The Morgan fingerprint density at radius 1 is 1.18 bits per heavy atom. The van der Waals surface area contributed by atoms with E-state index in [2.05, 4.69) is 22.9 Å². The van der Waals surface area contributed by atoms with Crippen LogP contribution in [0, 0.1) is 0 Å². The van der Waals surface area contributed by atoms with Crippen molar-refractivity contribution in [3.05, 3.63) is 23.8 Å². The molecule has 124 valence electrons. The number of anilines is 1. The molecule has 0 aliphatic carbocycles. The Morgan fingerprint density at radius 2 is 1.91 bits per heavy atom. The lowest BCUT2D eigenvalue weighted by Gasteiger charge is -2.11. The molecule has 2 amide bonds. The predicted octanol–water partition coefficient (Wildman–Crippen LogP) is 2.52. The molecule has 0 aromatic heterocycles. The van der Waals surface area contributed by atoms with Crippen LogP contribution < -0.4 is 16.0 Å². The number of nitrogens with one attached hydrogen (secondary N) is 3. The average Bonchev–Trinajstić information content (AvgIpc) is 2.46. The van der Waals surface area contributed by atoms with Crippen molar-refractivity contribution in [3.8, 4) is 0 Å². The van der Waals surface area contributed by atoms with Gasteiger partial charge in [0.2, 0.25) is 5.91 Å². The molecule has 0 bridgehead atoms. The van der Waals surface area contributed by atoms with Gasteiger partial charge in [0.05, 0.1) is 5.69 Å². The summed E-state index contributed by atoms with van der Waals surface area (Å²) in [5.41, 5.74) is 1.33. The van der Waals surface area contributed by atoms with E-state index in [1.54, 1.807) is 18.2 Å². The van der Waals surface area contributed by atoms with Crippen LogP contribution in [0.1, 0.15) is 30.6 Å². The second-order valence-corrected chi connectivity index (χ2v) is 5.45. The summed E-state index contributed by atoms with van der Waals surface area (Å²) in [6.07, 6.45) is 2.99. The smallest absolute Gasteiger partial charge is 0.251 e. The highest BCUT2D eigenvalue weighted by atomic mass is 35.5. The largest absolute Gasteiger partial charge is 0.351 e. The lowest BCUT2D eigenvalue weighted by Crippen LogP contribution is -2.32. The number of carbonyl (C=O) groups is 2. The lowest BCUT2D eigenvalue weighted by molar-refractivity contribution is -0.114. The van der Waals surface area contributed by atoms with Gasteiger partial charge in [-0.1, -0.05) is 6.92 Å². The van der Waals surface area contributed by atoms with Crippen LogP contribution in [0.25, 0.3) is 0 Å². The maximum Gasteiger partial charge on any atom is 0.251 e. The molecule has 0 radical (unpaired) electrons. The van der Waals surface area contributed by atoms with E-state index in [1.807, 2.05) is 6.26 Å². The van der Waals surface area contributed by atoms with Crippen LogP contribution in [-0.4, -0.2) is 37.7 Å². The van der Waals surface area contributed by atoms with Crippen LogP contribution in [0.2, 0.25) is 0 Å². The number of rotatable bonds is 8. The highest BCUT2D eigenvalue weighted by molar-refractivity contribution is 7.98. The molecule has 0 aliphatic rings. The Balaban J connectivity index is 0.00000441. The van der Waals surface area contributed by atoms with Gasteiger partial charge in [0.1, 0.15) is 0 Å². The van der Waals surface area contributed by atoms with Gasteiger partial charge in [0, 0.05) is 30.5 Å². The molecule has 7 heteroatoms. The number of thioether (sulfide) groups is 1. The lowest BCUT2D eigenvalue weighted by atomic mass is 10.2. The summed E-state index contributed by atoms with van der Waals surface area (Å²) in [6, 6.07) is 5.28. The Hall–Kier alpha value is -1.24. The molecule has 1 aromatic carbocycles. The van der Waals surface area contributed by atoms with Crippen molar-refractivity contribution in [2.75, 3.05) is 31.2 Å². The molecule has 5 nitrogen and oxygen atoms in total. The minimum absolute atomic E-state index is 0. The molecule has 0 spiro atoms. The zero-order valence-electron chi connectivity index (χ0n) is 13.2. The molecule has 1 rings (SSSR count). The normalized spacial score (nSPS) is 9.77. The number of benzene rings is 1. The first-order valence-corrected chi connectivity index (χ1v) is 8.25. The van der Waals surface area contributed by atoms with E-state index in [0.717, 1.165) is 30.1 Å². The van der Waals surface area contributed by atoms with Crippen LogP contribution in [0.4, 0.5) is 5.69 Å². The van der Waals surface area contributed by atoms with Gasteiger partial charge >= 0.3 is 0 Å². The molecule has 0 unspecified atom stereocenters. The molecule has 22 heavy (non-hydrogen) atoms. The highest BCUT2D eigenvalue weighted by Gasteiger charge is 2.09. The van der Waals surface area contributed by atoms with Crippen molar-refractivity contribution < 1.29 is 9.59 Å².